The molecule has 0 aliphatic rings. The monoisotopic (exact) mass is 587 g/mol. The summed E-state index contributed by atoms with van der Waals surface area (Å²) in [6.07, 6.45) is 14.3. The van der Waals surface area contributed by atoms with Crippen LogP contribution in [0, 0.1) is 0 Å². The summed E-state index contributed by atoms with van der Waals surface area (Å²) in [5.74, 6) is 1.17. The normalized spacial score (nSPS) is 14.7. The highest BCUT2D eigenvalue weighted by atomic mass is 32.2. The predicted octanol–water partition coefficient (Wildman–Crippen LogP) is 7.95. The molecule has 0 heterocycles. The molecule has 0 amide bonds. The Morgan fingerprint density at radius 3 is 2.38 bits per heavy atom. The second kappa shape index (κ2) is 22.8. The van der Waals surface area contributed by atoms with Gasteiger partial charge in [-0.25, -0.2) is 9.36 Å². The fraction of sp³-hybridized carbons (Fsp3) is 0.767. The highest BCUT2D eigenvalue weighted by Gasteiger charge is 2.33. The Kier molecular flexibility index (Phi) is 21.1. The summed E-state index contributed by atoms with van der Waals surface area (Å²) in [5.41, 5.74) is 0.215. The molecule has 226 valence electrons. The molecule has 0 fully saturated rings. The van der Waals surface area contributed by atoms with Gasteiger partial charge in [0.05, 0.1) is 12.7 Å². The summed E-state index contributed by atoms with van der Waals surface area (Å²) in [7, 11) is -0.831. The van der Waals surface area contributed by atoms with Gasteiger partial charge in [0.2, 0.25) is 0 Å². The maximum atomic E-state index is 12.1. The molecule has 0 saturated heterocycles. The van der Waals surface area contributed by atoms with E-state index in [1.54, 1.807) is 6.92 Å². The van der Waals surface area contributed by atoms with Gasteiger partial charge in [-0.15, -0.1) is 0 Å². The zero-order valence-corrected chi connectivity index (χ0v) is 26.6. The molecule has 0 spiro atoms. The molecule has 7 nitrogen and oxygen atoms in total. The third-order valence-corrected chi connectivity index (χ3v) is 9.06. The molecule has 0 aromatic heterocycles. The molecule has 0 aliphatic carbocycles. The van der Waals surface area contributed by atoms with Gasteiger partial charge >= 0.3 is 13.3 Å². The number of hydrogen-bond acceptors (Lipinski definition) is 7. The molecular weight excluding hydrogens is 533 g/mol. The van der Waals surface area contributed by atoms with E-state index in [0.717, 1.165) is 12.8 Å². The maximum Gasteiger partial charge on any atom is 0.435 e. The van der Waals surface area contributed by atoms with Gasteiger partial charge in [-0.05, 0) is 64.4 Å². The van der Waals surface area contributed by atoms with Crippen LogP contribution >= 0.6 is 19.4 Å². The van der Waals surface area contributed by atoms with Crippen LogP contribution in [0.1, 0.15) is 90.0 Å². The molecule has 1 rings (SSSR count). The first-order valence-corrected chi connectivity index (χ1v) is 17.4. The molecule has 0 aliphatic heterocycles. The smallest absolute Gasteiger partial charge is 0.435 e. The van der Waals surface area contributed by atoms with E-state index >= 15 is 0 Å². The molecule has 3 atom stereocenters. The summed E-state index contributed by atoms with van der Waals surface area (Å²) in [5, 5.41) is 0.555. The van der Waals surface area contributed by atoms with Crippen molar-refractivity contribution in [1.29, 1.82) is 0 Å². The van der Waals surface area contributed by atoms with E-state index in [1.165, 1.54) is 75.5 Å². The van der Waals surface area contributed by atoms with E-state index in [4.69, 9.17) is 14.0 Å². The summed E-state index contributed by atoms with van der Waals surface area (Å²) in [6, 6.07) is 10.7. The van der Waals surface area contributed by atoms with E-state index in [2.05, 4.69) is 49.0 Å². The lowest BCUT2D eigenvalue weighted by molar-refractivity contribution is 0.0274. The number of likely N-dealkylation sites (N-methyl/N-ethyl adjacent to an activating group) is 1. The number of aryl methyl sites for hydroxylation is 1. The van der Waals surface area contributed by atoms with Crippen LogP contribution in [0.15, 0.2) is 30.3 Å². The number of unbranched alkanes of at least 4 members (excludes halogenated alkanes) is 7. The predicted molar refractivity (Wildman–Crippen MR) is 164 cm³/mol. The Labute approximate surface area is 242 Å². The van der Waals surface area contributed by atoms with Crippen LogP contribution in [-0.4, -0.2) is 73.1 Å². The minimum atomic E-state index is -4.48. The van der Waals surface area contributed by atoms with E-state index in [9.17, 15) is 14.3 Å². The van der Waals surface area contributed by atoms with E-state index < -0.39 is 13.3 Å². The van der Waals surface area contributed by atoms with Crippen molar-refractivity contribution in [2.45, 2.75) is 102 Å². The number of benzene rings is 1. The van der Waals surface area contributed by atoms with E-state index in [0.29, 0.717) is 18.4 Å². The lowest BCUT2D eigenvalue weighted by Gasteiger charge is -2.20. The number of rotatable bonds is 25. The van der Waals surface area contributed by atoms with Crippen molar-refractivity contribution in [3.63, 3.8) is 0 Å². The minimum absolute atomic E-state index is 0.0387. The van der Waals surface area contributed by atoms with Crippen LogP contribution in [0.5, 0.6) is 0 Å². The molecule has 9 heteroatoms. The summed E-state index contributed by atoms with van der Waals surface area (Å²) in [6.45, 7) is 4.98. The van der Waals surface area contributed by atoms with E-state index in [-0.39, 0.29) is 19.3 Å². The third kappa shape index (κ3) is 19.8. The lowest BCUT2D eigenvalue weighted by Crippen LogP contribution is -2.21. The molecule has 0 radical (unpaired) electrons. The standard InChI is InChI=1S/C30H54NO6PS/c1-5-6-7-8-15-20-29(39-25-16-10-9-12-17-28-18-13-11-14-19-28)21-23-35-27(2)26-37-38(33,34)30(32)36-24-22-31(3)4/h11,13-14,18-19,27,29H,5-10,12,15-17,20-26H2,1-4H3,(H,33,34). The zero-order chi connectivity index (χ0) is 28.8. The average Bonchev–Trinajstić information content (AvgIpc) is 2.91. The Morgan fingerprint density at radius 1 is 0.974 bits per heavy atom. The van der Waals surface area contributed by atoms with E-state index in [1.807, 2.05) is 19.0 Å². The molecular formula is C30H54NO6PS. The van der Waals surface area contributed by atoms with Crippen molar-refractivity contribution in [2.24, 2.45) is 0 Å². The first-order valence-electron chi connectivity index (χ1n) is 14.8. The van der Waals surface area contributed by atoms with Crippen LogP contribution in [0.25, 0.3) is 0 Å². The maximum absolute atomic E-state index is 12.1. The topological polar surface area (TPSA) is 85.3 Å². The number of nitrogens with zero attached hydrogens (tertiary/aromatic N) is 1. The van der Waals surface area contributed by atoms with Gasteiger partial charge in [0.1, 0.15) is 6.61 Å². The van der Waals surface area contributed by atoms with Crippen molar-refractivity contribution in [2.75, 3.05) is 46.2 Å². The lowest BCUT2D eigenvalue weighted by atomic mass is 10.1. The molecule has 3 unspecified atom stereocenters. The number of hydrogen-bond donors (Lipinski definition) is 1. The Hall–Kier alpha value is -0.890. The summed E-state index contributed by atoms with van der Waals surface area (Å²) >= 11 is 2.06. The van der Waals surface area contributed by atoms with Gasteiger partial charge < -0.3 is 19.3 Å². The zero-order valence-electron chi connectivity index (χ0n) is 24.9. The number of ether oxygens (including phenoxy) is 2. The van der Waals surface area contributed by atoms with Crippen molar-refractivity contribution in [3.8, 4) is 0 Å². The molecule has 1 N–H and O–H groups in total. The van der Waals surface area contributed by atoms with Crippen molar-refractivity contribution in [1.82, 2.24) is 4.90 Å². The summed E-state index contributed by atoms with van der Waals surface area (Å²) < 4.78 is 27.9. The van der Waals surface area contributed by atoms with Crippen molar-refractivity contribution >= 4 is 25.1 Å². The number of carbonyl (C=O) groups excluding carboxylic acids is 1. The van der Waals surface area contributed by atoms with Crippen LogP contribution in [0.3, 0.4) is 0 Å². The van der Waals surface area contributed by atoms with Crippen LogP contribution in [0.4, 0.5) is 4.79 Å². The highest BCUT2D eigenvalue weighted by molar-refractivity contribution is 7.99. The molecule has 0 saturated carbocycles. The van der Waals surface area contributed by atoms with Gasteiger partial charge in [-0.2, -0.15) is 11.8 Å². The fourth-order valence-corrected chi connectivity index (χ4v) is 6.14. The van der Waals surface area contributed by atoms with Crippen LogP contribution < -0.4 is 0 Å². The fourth-order valence-electron chi connectivity index (χ4n) is 4.07. The second-order valence-electron chi connectivity index (χ2n) is 10.5. The SMILES string of the molecule is CCCCCCCC(CCOC(C)COP(=O)(O)C(=O)OCCN(C)C)SCCCCCCc1ccccc1. The van der Waals surface area contributed by atoms with Crippen LogP contribution in [-0.2, 0) is 25.0 Å². The van der Waals surface area contributed by atoms with Crippen molar-refractivity contribution in [3.05, 3.63) is 35.9 Å². The largest absolute Gasteiger partial charge is 0.455 e. The first-order chi connectivity index (χ1) is 18.7. The van der Waals surface area contributed by atoms with Crippen molar-refractivity contribution < 1.29 is 28.3 Å². The number of carbonyl (C=O) groups is 1. The third-order valence-electron chi connectivity index (χ3n) is 6.51. The molecule has 1 aromatic rings. The minimum Gasteiger partial charge on any atom is -0.455 e. The summed E-state index contributed by atoms with van der Waals surface area (Å²) in [4.78, 5) is 23.6. The Morgan fingerprint density at radius 2 is 1.67 bits per heavy atom. The Balaban J connectivity index is 2.29. The van der Waals surface area contributed by atoms with Crippen LogP contribution in [0.2, 0.25) is 0 Å². The van der Waals surface area contributed by atoms with Gasteiger partial charge in [-0.3, -0.25) is 4.52 Å². The van der Waals surface area contributed by atoms with Gasteiger partial charge in [0.15, 0.2) is 0 Å². The van der Waals surface area contributed by atoms with Gasteiger partial charge in [0, 0.05) is 18.4 Å². The molecule has 1 aromatic carbocycles. The van der Waals surface area contributed by atoms with Gasteiger partial charge in [0.25, 0.3) is 0 Å². The second-order valence-corrected chi connectivity index (χ2v) is 13.6. The number of thioether (sulfide) groups is 1. The van der Waals surface area contributed by atoms with Gasteiger partial charge in [-0.1, -0.05) is 82.2 Å². The quantitative estimate of drug-likeness (QED) is 0.0911. The Bertz CT molecular complexity index is 782. The first kappa shape index (κ1) is 36.1. The highest BCUT2D eigenvalue weighted by Crippen LogP contribution is 2.44. The average molecular weight is 588 g/mol. The molecule has 39 heavy (non-hydrogen) atoms. The molecule has 0 bridgehead atoms.